The molecule has 0 unspecified atom stereocenters. The molecule has 0 bridgehead atoms. The predicted molar refractivity (Wildman–Crippen MR) is 73.5 cm³/mol. The fourth-order valence-electron chi connectivity index (χ4n) is 1.87. The highest BCUT2D eigenvalue weighted by Crippen LogP contribution is 2.35. The Balaban J connectivity index is 2.67. The van der Waals surface area contributed by atoms with Gasteiger partial charge in [0.25, 0.3) is 0 Å². The van der Waals surface area contributed by atoms with E-state index in [4.69, 9.17) is 14.2 Å². The first-order chi connectivity index (χ1) is 10.3. The first-order valence-electron chi connectivity index (χ1n) is 6.47. The molecule has 0 aliphatic heterocycles. The Labute approximate surface area is 126 Å². The van der Waals surface area contributed by atoms with E-state index < -0.39 is 12.1 Å². The molecule has 0 radical (unpaired) electrons. The van der Waals surface area contributed by atoms with Gasteiger partial charge in [0.15, 0.2) is 11.5 Å². The van der Waals surface area contributed by atoms with Gasteiger partial charge in [0, 0.05) is 12.6 Å². The first kappa shape index (κ1) is 17.9. The van der Waals surface area contributed by atoms with Crippen LogP contribution in [-0.2, 0) is 11.2 Å². The van der Waals surface area contributed by atoms with Crippen LogP contribution in [-0.4, -0.2) is 40.0 Å². The van der Waals surface area contributed by atoms with Gasteiger partial charge in [-0.05, 0) is 24.5 Å². The van der Waals surface area contributed by atoms with Crippen molar-refractivity contribution in [2.45, 2.75) is 19.0 Å². The number of methoxy groups -OCH3 is 3. The van der Waals surface area contributed by atoms with E-state index >= 15 is 0 Å². The van der Waals surface area contributed by atoms with Gasteiger partial charge in [0.2, 0.25) is 0 Å². The number of halogens is 3. The second kappa shape index (κ2) is 7.77. The maximum absolute atomic E-state index is 12.0. The van der Waals surface area contributed by atoms with E-state index in [0.717, 1.165) is 5.56 Å². The molecule has 1 aromatic rings. The minimum atomic E-state index is -4.86. The van der Waals surface area contributed by atoms with E-state index in [1.807, 2.05) is 5.32 Å². The summed E-state index contributed by atoms with van der Waals surface area (Å²) in [5, 5.41) is 1.82. The normalized spacial score (nSPS) is 11.0. The van der Waals surface area contributed by atoms with Crippen molar-refractivity contribution >= 4 is 5.91 Å². The van der Waals surface area contributed by atoms with Crippen LogP contribution in [0.5, 0.6) is 17.2 Å². The molecule has 0 fully saturated rings. The molecule has 0 aliphatic carbocycles. The summed E-state index contributed by atoms with van der Waals surface area (Å²) in [5.41, 5.74) is 0.751. The molecule has 8 heteroatoms. The van der Waals surface area contributed by atoms with Gasteiger partial charge < -0.3 is 19.5 Å². The van der Waals surface area contributed by atoms with Crippen molar-refractivity contribution < 1.29 is 32.2 Å². The van der Waals surface area contributed by atoms with Crippen LogP contribution in [0.3, 0.4) is 0 Å². The SMILES string of the molecule is COc1cc(OC)c(OC)cc1CCCNC(=O)C(F)(F)F. The average molecular weight is 321 g/mol. The van der Waals surface area contributed by atoms with Gasteiger partial charge in [0.05, 0.1) is 21.3 Å². The number of rotatable bonds is 7. The van der Waals surface area contributed by atoms with E-state index in [1.54, 1.807) is 12.1 Å². The van der Waals surface area contributed by atoms with E-state index in [9.17, 15) is 18.0 Å². The lowest BCUT2D eigenvalue weighted by atomic mass is 10.1. The van der Waals surface area contributed by atoms with Crippen LogP contribution in [0.15, 0.2) is 12.1 Å². The monoisotopic (exact) mass is 321 g/mol. The van der Waals surface area contributed by atoms with Gasteiger partial charge in [0.1, 0.15) is 5.75 Å². The van der Waals surface area contributed by atoms with E-state index in [0.29, 0.717) is 30.1 Å². The second-order valence-electron chi connectivity index (χ2n) is 4.38. The number of benzene rings is 1. The Kier molecular flexibility index (Phi) is 6.33. The van der Waals surface area contributed by atoms with Crippen LogP contribution in [0.4, 0.5) is 13.2 Å². The van der Waals surface area contributed by atoms with Crippen LogP contribution < -0.4 is 19.5 Å². The van der Waals surface area contributed by atoms with Gasteiger partial charge >= 0.3 is 12.1 Å². The number of alkyl halides is 3. The molecule has 1 aromatic carbocycles. The molecule has 0 saturated carbocycles. The van der Waals surface area contributed by atoms with Crippen molar-refractivity contribution in [3.8, 4) is 17.2 Å². The van der Waals surface area contributed by atoms with Crippen molar-refractivity contribution in [3.05, 3.63) is 17.7 Å². The highest BCUT2D eigenvalue weighted by atomic mass is 19.4. The molecule has 0 saturated heterocycles. The summed E-state index contributed by atoms with van der Waals surface area (Å²) in [4.78, 5) is 10.7. The Morgan fingerprint density at radius 1 is 1.05 bits per heavy atom. The average Bonchev–Trinajstić information content (AvgIpc) is 2.49. The number of hydrogen-bond acceptors (Lipinski definition) is 4. The smallest absolute Gasteiger partial charge is 0.471 e. The molecule has 124 valence electrons. The maximum atomic E-state index is 12.0. The van der Waals surface area contributed by atoms with Crippen LogP contribution in [0.25, 0.3) is 0 Å². The number of carbonyl (C=O) groups excluding carboxylic acids is 1. The zero-order valence-electron chi connectivity index (χ0n) is 12.5. The molecule has 0 atom stereocenters. The zero-order valence-corrected chi connectivity index (χ0v) is 12.5. The lowest BCUT2D eigenvalue weighted by Gasteiger charge is -2.14. The molecule has 1 N–H and O–H groups in total. The van der Waals surface area contributed by atoms with Crippen molar-refractivity contribution in [2.24, 2.45) is 0 Å². The summed E-state index contributed by atoms with van der Waals surface area (Å²) >= 11 is 0. The van der Waals surface area contributed by atoms with Gasteiger partial charge in [-0.2, -0.15) is 13.2 Å². The number of aryl methyl sites for hydroxylation is 1. The second-order valence-corrected chi connectivity index (χ2v) is 4.38. The quantitative estimate of drug-likeness (QED) is 0.783. The topological polar surface area (TPSA) is 56.8 Å². The molecule has 0 aliphatic rings. The van der Waals surface area contributed by atoms with Crippen LogP contribution in [0.1, 0.15) is 12.0 Å². The third kappa shape index (κ3) is 4.71. The molecule has 5 nitrogen and oxygen atoms in total. The highest BCUT2D eigenvalue weighted by Gasteiger charge is 2.38. The Morgan fingerprint density at radius 2 is 1.59 bits per heavy atom. The standard InChI is InChI=1S/C14H18F3NO4/c1-20-10-8-12(22-3)11(21-2)7-9(10)5-4-6-18-13(19)14(15,16)17/h7-8H,4-6H2,1-3H3,(H,18,19). The summed E-state index contributed by atoms with van der Waals surface area (Å²) in [6, 6.07) is 3.34. The fraction of sp³-hybridized carbons (Fsp3) is 0.500. The molecule has 0 aromatic heterocycles. The number of nitrogens with one attached hydrogen (secondary N) is 1. The van der Waals surface area contributed by atoms with Crippen molar-refractivity contribution in [2.75, 3.05) is 27.9 Å². The van der Waals surface area contributed by atoms with Crippen molar-refractivity contribution in [3.63, 3.8) is 0 Å². The summed E-state index contributed by atoms with van der Waals surface area (Å²) in [7, 11) is 4.46. The van der Waals surface area contributed by atoms with Crippen molar-refractivity contribution in [1.29, 1.82) is 0 Å². The van der Waals surface area contributed by atoms with E-state index in [2.05, 4.69) is 0 Å². The minimum absolute atomic E-state index is 0.0875. The molecule has 1 rings (SSSR count). The Bertz CT molecular complexity index is 518. The van der Waals surface area contributed by atoms with Gasteiger partial charge in [-0.1, -0.05) is 0 Å². The van der Waals surface area contributed by atoms with Crippen LogP contribution in [0, 0.1) is 0 Å². The number of ether oxygens (including phenoxy) is 3. The third-order valence-electron chi connectivity index (χ3n) is 2.95. The summed E-state index contributed by atoms with van der Waals surface area (Å²) in [5.74, 6) is -0.405. The maximum Gasteiger partial charge on any atom is 0.471 e. The van der Waals surface area contributed by atoms with Gasteiger partial charge in [-0.3, -0.25) is 4.79 Å². The molecule has 0 spiro atoms. The molecule has 0 heterocycles. The molecule has 22 heavy (non-hydrogen) atoms. The largest absolute Gasteiger partial charge is 0.496 e. The number of amides is 1. The molecular weight excluding hydrogens is 303 g/mol. The van der Waals surface area contributed by atoms with Crippen molar-refractivity contribution in [1.82, 2.24) is 5.32 Å². The lowest BCUT2D eigenvalue weighted by molar-refractivity contribution is -0.173. The highest BCUT2D eigenvalue weighted by molar-refractivity contribution is 5.81. The number of hydrogen-bond donors (Lipinski definition) is 1. The zero-order chi connectivity index (χ0) is 16.8. The van der Waals surface area contributed by atoms with Crippen LogP contribution in [0.2, 0.25) is 0 Å². The number of carbonyl (C=O) groups is 1. The fourth-order valence-corrected chi connectivity index (χ4v) is 1.87. The molecule has 1 amide bonds. The molecular formula is C14H18F3NO4. The first-order valence-corrected chi connectivity index (χ1v) is 6.47. The van der Waals surface area contributed by atoms with Gasteiger partial charge in [-0.25, -0.2) is 0 Å². The van der Waals surface area contributed by atoms with Gasteiger partial charge in [-0.15, -0.1) is 0 Å². The summed E-state index contributed by atoms with van der Waals surface area (Å²) < 4.78 is 51.6. The predicted octanol–water partition coefficient (Wildman–Crippen LogP) is 2.32. The summed E-state index contributed by atoms with van der Waals surface area (Å²) in [6.45, 7) is -0.0875. The minimum Gasteiger partial charge on any atom is -0.496 e. The Hall–Kier alpha value is -2.12. The van der Waals surface area contributed by atoms with E-state index in [-0.39, 0.29) is 6.54 Å². The third-order valence-corrected chi connectivity index (χ3v) is 2.95. The Morgan fingerprint density at radius 3 is 2.09 bits per heavy atom. The van der Waals surface area contributed by atoms with E-state index in [1.165, 1.54) is 21.3 Å². The lowest BCUT2D eigenvalue weighted by Crippen LogP contribution is -2.37. The summed E-state index contributed by atoms with van der Waals surface area (Å²) in [6.07, 6.45) is -4.11. The van der Waals surface area contributed by atoms with Crippen LogP contribution >= 0.6 is 0 Å².